The van der Waals surface area contributed by atoms with Crippen molar-refractivity contribution in [2.75, 3.05) is 0 Å². The van der Waals surface area contributed by atoms with Crippen molar-refractivity contribution in [2.45, 2.75) is 19.5 Å². The van der Waals surface area contributed by atoms with Gasteiger partial charge in [0, 0.05) is 12.4 Å². The van der Waals surface area contributed by atoms with E-state index in [4.69, 9.17) is 0 Å². The number of benzene rings is 1. The molecular weight excluding hydrogens is 238 g/mol. The van der Waals surface area contributed by atoms with Gasteiger partial charge in [-0.2, -0.15) is 5.10 Å². The predicted octanol–water partition coefficient (Wildman–Crippen LogP) is 2.13. The smallest absolute Gasteiger partial charge is 0.155 e. The molecule has 0 spiro atoms. The minimum atomic E-state index is 0.210. The molecule has 0 amide bonds. The van der Waals surface area contributed by atoms with Crippen LogP contribution in [0.5, 0.6) is 0 Å². The average molecular weight is 253 g/mol. The first-order valence-electron chi connectivity index (χ1n) is 6.25. The van der Waals surface area contributed by atoms with E-state index in [-0.39, 0.29) is 6.04 Å². The second kappa shape index (κ2) is 5.06. The molecule has 0 aliphatic heterocycles. The molecule has 2 aromatic heterocycles. The molecule has 2 heterocycles. The largest absolute Gasteiger partial charge is 0.309 e. The molecule has 96 valence electrons. The molecular formula is C14H15N5. The first-order valence-corrected chi connectivity index (χ1v) is 6.25. The number of hydrogen-bond donors (Lipinski definition) is 0. The van der Waals surface area contributed by atoms with E-state index in [1.807, 2.05) is 35.1 Å². The van der Waals surface area contributed by atoms with Crippen LogP contribution in [0.1, 0.15) is 24.4 Å². The van der Waals surface area contributed by atoms with Gasteiger partial charge < -0.3 is 4.57 Å². The summed E-state index contributed by atoms with van der Waals surface area (Å²) in [4.78, 5) is 0. The van der Waals surface area contributed by atoms with Crippen molar-refractivity contribution in [1.82, 2.24) is 24.5 Å². The molecule has 1 aromatic carbocycles. The fourth-order valence-electron chi connectivity index (χ4n) is 2.13. The van der Waals surface area contributed by atoms with Crippen molar-refractivity contribution in [2.24, 2.45) is 0 Å². The van der Waals surface area contributed by atoms with Crippen molar-refractivity contribution in [3.8, 4) is 0 Å². The van der Waals surface area contributed by atoms with Crippen LogP contribution in [0.2, 0.25) is 0 Å². The number of rotatable bonds is 4. The van der Waals surface area contributed by atoms with E-state index in [0.717, 1.165) is 5.82 Å². The SMILES string of the molecule is CC(c1ccccc1)n1cnnc1Cn1cccn1. The maximum atomic E-state index is 4.20. The van der Waals surface area contributed by atoms with Crippen LogP contribution in [0.4, 0.5) is 0 Å². The Morgan fingerprint density at radius 2 is 2.00 bits per heavy atom. The van der Waals surface area contributed by atoms with Gasteiger partial charge >= 0.3 is 0 Å². The van der Waals surface area contributed by atoms with Gasteiger partial charge in [0.05, 0.1) is 6.04 Å². The van der Waals surface area contributed by atoms with Crippen molar-refractivity contribution < 1.29 is 0 Å². The highest BCUT2D eigenvalue weighted by atomic mass is 15.3. The van der Waals surface area contributed by atoms with E-state index in [2.05, 4.69) is 38.9 Å². The summed E-state index contributed by atoms with van der Waals surface area (Å²) in [6.07, 6.45) is 5.46. The topological polar surface area (TPSA) is 48.5 Å². The molecule has 0 saturated heterocycles. The van der Waals surface area contributed by atoms with E-state index in [1.165, 1.54) is 5.56 Å². The highest BCUT2D eigenvalue weighted by molar-refractivity contribution is 5.19. The Morgan fingerprint density at radius 3 is 2.74 bits per heavy atom. The van der Waals surface area contributed by atoms with Crippen LogP contribution in [0.3, 0.4) is 0 Å². The maximum absolute atomic E-state index is 4.20. The molecule has 3 aromatic rings. The van der Waals surface area contributed by atoms with E-state index >= 15 is 0 Å². The molecule has 0 radical (unpaired) electrons. The third-order valence-electron chi connectivity index (χ3n) is 3.21. The molecule has 0 aliphatic carbocycles. The maximum Gasteiger partial charge on any atom is 0.155 e. The Bertz CT molecular complexity index is 627. The van der Waals surface area contributed by atoms with Crippen LogP contribution < -0.4 is 0 Å². The van der Waals surface area contributed by atoms with Gasteiger partial charge in [0.25, 0.3) is 0 Å². The minimum Gasteiger partial charge on any atom is -0.309 e. The summed E-state index contributed by atoms with van der Waals surface area (Å²) in [6, 6.07) is 12.5. The van der Waals surface area contributed by atoms with Crippen LogP contribution in [-0.4, -0.2) is 24.5 Å². The number of nitrogens with zero attached hydrogens (tertiary/aromatic N) is 5. The predicted molar refractivity (Wildman–Crippen MR) is 71.6 cm³/mol. The molecule has 0 saturated carbocycles. The second-order valence-corrected chi connectivity index (χ2v) is 4.44. The summed E-state index contributed by atoms with van der Waals surface area (Å²) in [5.41, 5.74) is 1.24. The molecule has 0 N–H and O–H groups in total. The summed E-state index contributed by atoms with van der Waals surface area (Å²) in [6.45, 7) is 2.77. The molecule has 0 bridgehead atoms. The van der Waals surface area contributed by atoms with Gasteiger partial charge in [-0.3, -0.25) is 4.68 Å². The quantitative estimate of drug-likeness (QED) is 0.715. The lowest BCUT2D eigenvalue weighted by Crippen LogP contribution is -2.13. The molecule has 5 heteroatoms. The van der Waals surface area contributed by atoms with Crippen LogP contribution in [0.25, 0.3) is 0 Å². The summed E-state index contributed by atoms with van der Waals surface area (Å²) < 4.78 is 3.93. The molecule has 0 aliphatic rings. The third kappa shape index (κ3) is 2.40. The normalized spacial score (nSPS) is 12.5. The fraction of sp³-hybridized carbons (Fsp3) is 0.214. The van der Waals surface area contributed by atoms with Crippen LogP contribution in [-0.2, 0) is 6.54 Å². The van der Waals surface area contributed by atoms with Gasteiger partial charge in [-0.15, -0.1) is 10.2 Å². The molecule has 5 nitrogen and oxygen atoms in total. The van der Waals surface area contributed by atoms with Gasteiger partial charge in [0.15, 0.2) is 5.82 Å². The molecule has 1 atom stereocenters. The zero-order valence-corrected chi connectivity index (χ0v) is 10.7. The van der Waals surface area contributed by atoms with E-state index in [0.29, 0.717) is 6.54 Å². The van der Waals surface area contributed by atoms with Gasteiger partial charge in [-0.25, -0.2) is 0 Å². The molecule has 0 fully saturated rings. The first-order chi connectivity index (χ1) is 9.34. The average Bonchev–Trinajstić information content (AvgIpc) is 3.11. The lowest BCUT2D eigenvalue weighted by molar-refractivity contribution is 0.561. The van der Waals surface area contributed by atoms with Crippen LogP contribution >= 0.6 is 0 Å². The van der Waals surface area contributed by atoms with Crippen molar-refractivity contribution in [3.63, 3.8) is 0 Å². The van der Waals surface area contributed by atoms with E-state index in [9.17, 15) is 0 Å². The lowest BCUT2D eigenvalue weighted by Gasteiger charge is -2.15. The van der Waals surface area contributed by atoms with Gasteiger partial charge in [-0.1, -0.05) is 30.3 Å². The zero-order chi connectivity index (χ0) is 13.1. The summed E-state index contributed by atoms with van der Waals surface area (Å²) in [5.74, 6) is 0.903. The fourth-order valence-corrected chi connectivity index (χ4v) is 2.13. The third-order valence-corrected chi connectivity index (χ3v) is 3.21. The highest BCUT2D eigenvalue weighted by Crippen LogP contribution is 2.18. The summed E-state index contributed by atoms with van der Waals surface area (Å²) in [5, 5.41) is 12.4. The van der Waals surface area contributed by atoms with Crippen LogP contribution in [0.15, 0.2) is 55.1 Å². The zero-order valence-electron chi connectivity index (χ0n) is 10.7. The van der Waals surface area contributed by atoms with Crippen molar-refractivity contribution in [3.05, 3.63) is 66.5 Å². The van der Waals surface area contributed by atoms with Gasteiger partial charge in [0.1, 0.15) is 12.9 Å². The Labute approximate surface area is 111 Å². The molecule has 19 heavy (non-hydrogen) atoms. The summed E-state index contributed by atoms with van der Waals surface area (Å²) in [7, 11) is 0. The first kappa shape index (κ1) is 11.6. The van der Waals surface area contributed by atoms with Crippen molar-refractivity contribution in [1.29, 1.82) is 0 Å². The number of hydrogen-bond acceptors (Lipinski definition) is 3. The standard InChI is InChI=1S/C14H15N5/c1-12(13-6-3-2-4-7-13)19-11-15-17-14(19)10-18-9-5-8-16-18/h2-9,11-12H,10H2,1H3. The summed E-state index contributed by atoms with van der Waals surface area (Å²) >= 11 is 0. The van der Waals surface area contributed by atoms with Gasteiger partial charge in [-0.05, 0) is 18.6 Å². The van der Waals surface area contributed by atoms with Gasteiger partial charge in [0.2, 0.25) is 0 Å². The second-order valence-electron chi connectivity index (χ2n) is 4.44. The Morgan fingerprint density at radius 1 is 1.16 bits per heavy atom. The monoisotopic (exact) mass is 253 g/mol. The Hall–Kier alpha value is -2.43. The Balaban J connectivity index is 1.88. The lowest BCUT2D eigenvalue weighted by atomic mass is 10.1. The van der Waals surface area contributed by atoms with E-state index < -0.39 is 0 Å². The molecule has 1 unspecified atom stereocenters. The van der Waals surface area contributed by atoms with E-state index in [1.54, 1.807) is 12.5 Å². The van der Waals surface area contributed by atoms with Crippen molar-refractivity contribution >= 4 is 0 Å². The number of aromatic nitrogens is 5. The minimum absolute atomic E-state index is 0.210. The Kier molecular flexibility index (Phi) is 3.10. The highest BCUT2D eigenvalue weighted by Gasteiger charge is 2.13. The van der Waals surface area contributed by atoms with Crippen LogP contribution in [0, 0.1) is 0 Å². The molecule has 3 rings (SSSR count).